The van der Waals surface area contributed by atoms with Gasteiger partial charge in [-0.2, -0.15) is 0 Å². The molecule has 1 aromatic carbocycles. The Labute approximate surface area is 106 Å². The van der Waals surface area contributed by atoms with Gasteiger partial charge in [0.05, 0.1) is 7.11 Å². The Morgan fingerprint density at radius 1 is 1.53 bits per heavy atom. The number of hydrogen-bond acceptors (Lipinski definition) is 3. The lowest BCUT2D eigenvalue weighted by atomic mass is 9.96. The summed E-state index contributed by atoms with van der Waals surface area (Å²) < 4.78 is 4.79. The summed E-state index contributed by atoms with van der Waals surface area (Å²) in [6, 6.07) is 7.77. The van der Waals surface area contributed by atoms with E-state index in [9.17, 15) is 4.79 Å². The maximum absolute atomic E-state index is 11.5. The zero-order chi connectivity index (χ0) is 12.4. The third-order valence-electron chi connectivity index (χ3n) is 3.39. The Kier molecular flexibility index (Phi) is 3.69. The summed E-state index contributed by atoms with van der Waals surface area (Å²) >= 11 is 6.16. The summed E-state index contributed by atoms with van der Waals surface area (Å²) in [7, 11) is 1.43. The first-order valence-corrected chi connectivity index (χ1v) is 6.11. The van der Waals surface area contributed by atoms with E-state index in [1.165, 1.54) is 7.11 Å². The third-order valence-corrected chi connectivity index (χ3v) is 3.73. The van der Waals surface area contributed by atoms with E-state index in [1.807, 2.05) is 24.3 Å². The van der Waals surface area contributed by atoms with Crippen LogP contribution in [-0.4, -0.2) is 30.6 Å². The Morgan fingerprint density at radius 2 is 2.24 bits per heavy atom. The lowest BCUT2D eigenvalue weighted by molar-refractivity contribution is -0.153. The zero-order valence-corrected chi connectivity index (χ0v) is 10.8. The highest BCUT2D eigenvalue weighted by molar-refractivity contribution is 6.31. The van der Waals surface area contributed by atoms with Gasteiger partial charge in [0.25, 0.3) is 0 Å². The van der Waals surface area contributed by atoms with Crippen molar-refractivity contribution in [2.75, 3.05) is 13.7 Å². The minimum Gasteiger partial charge on any atom is -0.468 e. The van der Waals surface area contributed by atoms with Crippen molar-refractivity contribution in [3.8, 4) is 0 Å². The van der Waals surface area contributed by atoms with Crippen molar-refractivity contribution < 1.29 is 9.53 Å². The van der Waals surface area contributed by atoms with Crippen LogP contribution >= 0.6 is 11.6 Å². The monoisotopic (exact) mass is 253 g/mol. The molecule has 1 heterocycles. The first kappa shape index (κ1) is 12.4. The van der Waals surface area contributed by atoms with Gasteiger partial charge in [-0.1, -0.05) is 29.8 Å². The molecule has 2 unspecified atom stereocenters. The van der Waals surface area contributed by atoms with Crippen molar-refractivity contribution in [1.82, 2.24) is 4.90 Å². The molecule has 1 aromatic rings. The lowest BCUT2D eigenvalue weighted by Gasteiger charge is -2.43. The fraction of sp³-hybridized carbons (Fsp3) is 0.462. The molecule has 1 aliphatic heterocycles. The van der Waals surface area contributed by atoms with Crippen LogP contribution in [0, 0.1) is 0 Å². The highest BCUT2D eigenvalue weighted by atomic mass is 35.5. The number of halogens is 1. The SMILES string of the molecule is COC(=O)C1CCN1C(C)c1ccccc1Cl. The molecule has 1 saturated heterocycles. The minimum absolute atomic E-state index is 0.119. The van der Waals surface area contributed by atoms with Crippen molar-refractivity contribution >= 4 is 17.6 Å². The van der Waals surface area contributed by atoms with E-state index in [2.05, 4.69) is 11.8 Å². The van der Waals surface area contributed by atoms with Crippen LogP contribution in [0.25, 0.3) is 0 Å². The lowest BCUT2D eigenvalue weighted by Crippen LogP contribution is -2.53. The molecule has 0 aromatic heterocycles. The van der Waals surface area contributed by atoms with Crippen LogP contribution in [0.4, 0.5) is 0 Å². The number of hydrogen-bond donors (Lipinski definition) is 0. The second-order valence-corrected chi connectivity index (χ2v) is 4.67. The Morgan fingerprint density at radius 3 is 2.76 bits per heavy atom. The molecule has 3 nitrogen and oxygen atoms in total. The van der Waals surface area contributed by atoms with E-state index >= 15 is 0 Å². The molecule has 0 N–H and O–H groups in total. The fourth-order valence-corrected chi connectivity index (χ4v) is 2.55. The maximum Gasteiger partial charge on any atom is 0.323 e. The van der Waals surface area contributed by atoms with E-state index < -0.39 is 0 Å². The molecule has 2 atom stereocenters. The van der Waals surface area contributed by atoms with Gasteiger partial charge in [-0.3, -0.25) is 9.69 Å². The average Bonchev–Trinajstić information content (AvgIpc) is 2.27. The molecule has 0 radical (unpaired) electrons. The van der Waals surface area contributed by atoms with Gasteiger partial charge >= 0.3 is 5.97 Å². The molecule has 1 aliphatic rings. The highest BCUT2D eigenvalue weighted by Gasteiger charge is 2.38. The molecule has 0 bridgehead atoms. The molecule has 0 aliphatic carbocycles. The molecule has 1 fully saturated rings. The van der Waals surface area contributed by atoms with Crippen LogP contribution in [0.3, 0.4) is 0 Å². The number of rotatable bonds is 3. The Balaban J connectivity index is 2.13. The van der Waals surface area contributed by atoms with Crippen LogP contribution in [0.2, 0.25) is 5.02 Å². The number of nitrogens with zero attached hydrogens (tertiary/aromatic N) is 1. The Bertz CT molecular complexity index is 422. The van der Waals surface area contributed by atoms with Crippen LogP contribution in [0.5, 0.6) is 0 Å². The van der Waals surface area contributed by atoms with E-state index in [1.54, 1.807) is 0 Å². The second kappa shape index (κ2) is 5.07. The smallest absolute Gasteiger partial charge is 0.323 e. The highest BCUT2D eigenvalue weighted by Crippen LogP contribution is 2.33. The zero-order valence-electron chi connectivity index (χ0n) is 10.0. The normalized spacial score (nSPS) is 21.7. The first-order valence-electron chi connectivity index (χ1n) is 5.73. The molecule has 2 rings (SSSR count). The number of carbonyl (C=O) groups excluding carboxylic acids is 1. The molecule has 0 spiro atoms. The van der Waals surface area contributed by atoms with Gasteiger partial charge in [0.15, 0.2) is 0 Å². The van der Waals surface area contributed by atoms with Gasteiger partial charge in [-0.05, 0) is 25.0 Å². The predicted molar refractivity (Wildman–Crippen MR) is 67.0 cm³/mol. The topological polar surface area (TPSA) is 29.5 Å². The number of esters is 1. The van der Waals surface area contributed by atoms with Crippen LogP contribution < -0.4 is 0 Å². The quantitative estimate of drug-likeness (QED) is 0.776. The number of methoxy groups -OCH3 is 1. The fourth-order valence-electron chi connectivity index (χ4n) is 2.25. The number of carbonyl (C=O) groups is 1. The van der Waals surface area contributed by atoms with Crippen molar-refractivity contribution in [2.45, 2.75) is 25.4 Å². The van der Waals surface area contributed by atoms with Gasteiger partial charge < -0.3 is 4.74 Å². The second-order valence-electron chi connectivity index (χ2n) is 4.26. The Hall–Kier alpha value is -1.06. The number of likely N-dealkylation sites (tertiary alicyclic amines) is 1. The van der Waals surface area contributed by atoms with Gasteiger partial charge in [-0.15, -0.1) is 0 Å². The first-order chi connectivity index (χ1) is 8.15. The molecular weight excluding hydrogens is 238 g/mol. The van der Waals surface area contributed by atoms with Crippen LogP contribution in [0.1, 0.15) is 24.9 Å². The van der Waals surface area contributed by atoms with Gasteiger partial charge in [0, 0.05) is 17.6 Å². The molecule has 4 heteroatoms. The number of benzene rings is 1. The molecule has 0 saturated carbocycles. The van der Waals surface area contributed by atoms with Crippen molar-refractivity contribution in [2.24, 2.45) is 0 Å². The largest absolute Gasteiger partial charge is 0.468 e. The summed E-state index contributed by atoms with van der Waals surface area (Å²) in [6.07, 6.45) is 0.863. The summed E-state index contributed by atoms with van der Waals surface area (Å²) in [5, 5.41) is 0.746. The van der Waals surface area contributed by atoms with E-state index in [4.69, 9.17) is 16.3 Å². The van der Waals surface area contributed by atoms with Crippen molar-refractivity contribution in [1.29, 1.82) is 0 Å². The van der Waals surface area contributed by atoms with Crippen molar-refractivity contribution in [3.05, 3.63) is 34.9 Å². The van der Waals surface area contributed by atoms with E-state index in [0.717, 1.165) is 23.6 Å². The van der Waals surface area contributed by atoms with Crippen molar-refractivity contribution in [3.63, 3.8) is 0 Å². The minimum atomic E-state index is -0.157. The predicted octanol–water partition coefficient (Wildman–Crippen LogP) is 2.65. The summed E-state index contributed by atoms with van der Waals surface area (Å²) in [5.74, 6) is -0.157. The average molecular weight is 254 g/mol. The maximum atomic E-state index is 11.5. The van der Waals surface area contributed by atoms with Crippen LogP contribution in [0.15, 0.2) is 24.3 Å². The number of ether oxygens (including phenoxy) is 1. The summed E-state index contributed by atoms with van der Waals surface area (Å²) in [5.41, 5.74) is 1.06. The molecule has 17 heavy (non-hydrogen) atoms. The molecule has 92 valence electrons. The molecule has 0 amide bonds. The van der Waals surface area contributed by atoms with E-state index in [0.29, 0.717) is 0 Å². The van der Waals surface area contributed by atoms with Crippen LogP contribution in [-0.2, 0) is 9.53 Å². The van der Waals surface area contributed by atoms with Gasteiger partial charge in [0.1, 0.15) is 6.04 Å². The summed E-state index contributed by atoms with van der Waals surface area (Å²) in [6.45, 7) is 2.97. The standard InChI is InChI=1S/C13H16ClNO2/c1-9(10-5-3-4-6-11(10)14)15-8-7-12(15)13(16)17-2/h3-6,9,12H,7-8H2,1-2H3. The summed E-state index contributed by atoms with van der Waals surface area (Å²) in [4.78, 5) is 13.6. The molecular formula is C13H16ClNO2. The third kappa shape index (κ3) is 2.31. The van der Waals surface area contributed by atoms with Gasteiger partial charge in [-0.25, -0.2) is 0 Å². The van der Waals surface area contributed by atoms with E-state index in [-0.39, 0.29) is 18.1 Å². The van der Waals surface area contributed by atoms with Gasteiger partial charge in [0.2, 0.25) is 0 Å².